The van der Waals surface area contributed by atoms with Crippen LogP contribution in [0.1, 0.15) is 22.7 Å². The summed E-state index contributed by atoms with van der Waals surface area (Å²) in [4.78, 5) is 11.5. The highest BCUT2D eigenvalue weighted by atomic mass is 19.1. The molecule has 2 rings (SSSR count). The van der Waals surface area contributed by atoms with Crippen molar-refractivity contribution in [1.29, 1.82) is 0 Å². The van der Waals surface area contributed by atoms with Crippen LogP contribution < -0.4 is 5.32 Å². The lowest BCUT2D eigenvalue weighted by atomic mass is 9.96. The van der Waals surface area contributed by atoms with Gasteiger partial charge in [-0.25, -0.2) is 9.18 Å². The van der Waals surface area contributed by atoms with E-state index in [0.29, 0.717) is 11.3 Å². The fourth-order valence-electron chi connectivity index (χ4n) is 2.29. The van der Waals surface area contributed by atoms with Gasteiger partial charge in [-0.1, -0.05) is 24.3 Å². The molecule has 0 aliphatic rings. The smallest absolute Gasteiger partial charge is 0.330 e. The van der Waals surface area contributed by atoms with Gasteiger partial charge < -0.3 is 10.4 Å². The quantitative estimate of drug-likeness (QED) is 0.893. The van der Waals surface area contributed by atoms with Gasteiger partial charge >= 0.3 is 5.97 Å². The summed E-state index contributed by atoms with van der Waals surface area (Å²) >= 11 is 0. The molecule has 0 amide bonds. The molecule has 3 nitrogen and oxygen atoms in total. The fraction of sp³-hybridized carbons (Fsp3) is 0.188. The molecule has 0 saturated heterocycles. The number of carboxylic acid groups (broad SMARTS) is 1. The highest BCUT2D eigenvalue weighted by molar-refractivity contribution is 5.80. The van der Waals surface area contributed by atoms with E-state index < -0.39 is 17.8 Å². The van der Waals surface area contributed by atoms with Crippen molar-refractivity contribution < 1.29 is 14.3 Å². The van der Waals surface area contributed by atoms with Crippen LogP contribution in [0.2, 0.25) is 0 Å². The van der Waals surface area contributed by atoms with Gasteiger partial charge in [0, 0.05) is 5.69 Å². The van der Waals surface area contributed by atoms with E-state index in [2.05, 4.69) is 5.32 Å². The second-order valence-electron chi connectivity index (χ2n) is 4.73. The maximum absolute atomic E-state index is 13.2. The number of benzene rings is 2. The molecule has 0 fully saturated rings. The molecule has 0 spiro atoms. The maximum Gasteiger partial charge on any atom is 0.330 e. The molecule has 0 aliphatic carbocycles. The van der Waals surface area contributed by atoms with Crippen LogP contribution in [0.15, 0.2) is 42.5 Å². The van der Waals surface area contributed by atoms with Gasteiger partial charge in [-0.15, -0.1) is 0 Å². The van der Waals surface area contributed by atoms with Crippen molar-refractivity contribution in [3.63, 3.8) is 0 Å². The minimum atomic E-state index is -0.994. The predicted octanol–water partition coefficient (Wildman–Crippen LogP) is 3.68. The zero-order valence-electron chi connectivity index (χ0n) is 11.4. The number of hydrogen-bond donors (Lipinski definition) is 2. The first-order valence-electron chi connectivity index (χ1n) is 6.30. The average molecular weight is 273 g/mol. The van der Waals surface area contributed by atoms with Crippen molar-refractivity contribution >= 4 is 11.7 Å². The van der Waals surface area contributed by atoms with Crippen LogP contribution in [-0.4, -0.2) is 11.1 Å². The third kappa shape index (κ3) is 2.96. The van der Waals surface area contributed by atoms with Crippen LogP contribution >= 0.6 is 0 Å². The minimum absolute atomic E-state index is 0.402. The van der Waals surface area contributed by atoms with E-state index in [9.17, 15) is 14.3 Å². The van der Waals surface area contributed by atoms with E-state index in [1.54, 1.807) is 12.1 Å². The first-order chi connectivity index (χ1) is 9.49. The molecule has 0 saturated carbocycles. The van der Waals surface area contributed by atoms with E-state index in [4.69, 9.17) is 0 Å². The van der Waals surface area contributed by atoms with Crippen molar-refractivity contribution in [3.8, 4) is 0 Å². The Bertz CT molecular complexity index is 620. The molecule has 2 aromatic carbocycles. The Labute approximate surface area is 117 Å². The number of anilines is 1. The SMILES string of the molecule is Cc1cccc(C)c1C(Nc1cccc(F)c1)C(=O)O. The summed E-state index contributed by atoms with van der Waals surface area (Å²) in [6.07, 6.45) is 0. The Morgan fingerprint density at radius 1 is 1.15 bits per heavy atom. The lowest BCUT2D eigenvalue weighted by Crippen LogP contribution is -2.22. The summed E-state index contributed by atoms with van der Waals surface area (Å²) in [6, 6.07) is 10.5. The van der Waals surface area contributed by atoms with Gasteiger partial charge in [0.15, 0.2) is 6.04 Å². The van der Waals surface area contributed by atoms with E-state index in [0.717, 1.165) is 11.1 Å². The monoisotopic (exact) mass is 273 g/mol. The van der Waals surface area contributed by atoms with Gasteiger partial charge in [-0.05, 0) is 48.7 Å². The van der Waals surface area contributed by atoms with Crippen LogP contribution in [0, 0.1) is 19.7 Å². The first-order valence-corrected chi connectivity index (χ1v) is 6.30. The summed E-state index contributed by atoms with van der Waals surface area (Å²) in [6.45, 7) is 3.73. The van der Waals surface area contributed by atoms with E-state index >= 15 is 0 Å². The summed E-state index contributed by atoms with van der Waals surface area (Å²) in [5.41, 5.74) is 2.94. The minimum Gasteiger partial charge on any atom is -0.479 e. The fourth-order valence-corrected chi connectivity index (χ4v) is 2.29. The highest BCUT2D eigenvalue weighted by Gasteiger charge is 2.23. The lowest BCUT2D eigenvalue weighted by Gasteiger charge is -2.20. The second kappa shape index (κ2) is 5.74. The van der Waals surface area contributed by atoms with Crippen molar-refractivity contribution in [2.24, 2.45) is 0 Å². The lowest BCUT2D eigenvalue weighted by molar-refractivity contribution is -0.138. The van der Waals surface area contributed by atoms with Gasteiger partial charge in [0.1, 0.15) is 5.82 Å². The Kier molecular flexibility index (Phi) is 4.03. The first kappa shape index (κ1) is 14.1. The Morgan fingerprint density at radius 2 is 1.75 bits per heavy atom. The Morgan fingerprint density at radius 3 is 2.30 bits per heavy atom. The third-order valence-electron chi connectivity index (χ3n) is 3.21. The van der Waals surface area contributed by atoms with Crippen molar-refractivity contribution in [2.45, 2.75) is 19.9 Å². The number of aliphatic carboxylic acids is 1. The number of carboxylic acids is 1. The van der Waals surface area contributed by atoms with Crippen LogP contribution in [0.25, 0.3) is 0 Å². The molecule has 1 unspecified atom stereocenters. The van der Waals surface area contributed by atoms with Gasteiger partial charge in [0.2, 0.25) is 0 Å². The highest BCUT2D eigenvalue weighted by Crippen LogP contribution is 2.26. The van der Waals surface area contributed by atoms with Gasteiger partial charge in [-0.3, -0.25) is 0 Å². The molecule has 4 heteroatoms. The average Bonchev–Trinajstić information content (AvgIpc) is 2.37. The Hall–Kier alpha value is -2.36. The molecule has 0 aromatic heterocycles. The molecular formula is C16H16FNO2. The number of aryl methyl sites for hydroxylation is 2. The van der Waals surface area contributed by atoms with Crippen molar-refractivity contribution in [3.05, 3.63) is 65.0 Å². The molecule has 2 aromatic rings. The number of hydrogen-bond acceptors (Lipinski definition) is 2. The zero-order valence-corrected chi connectivity index (χ0v) is 11.4. The van der Waals surface area contributed by atoms with E-state index in [1.165, 1.54) is 12.1 Å². The molecule has 0 aliphatic heterocycles. The van der Waals surface area contributed by atoms with E-state index in [1.807, 2.05) is 32.0 Å². The van der Waals surface area contributed by atoms with Crippen molar-refractivity contribution in [1.82, 2.24) is 0 Å². The molecular weight excluding hydrogens is 257 g/mol. The summed E-state index contributed by atoms with van der Waals surface area (Å²) in [5, 5.41) is 12.3. The van der Waals surface area contributed by atoms with Gasteiger partial charge in [-0.2, -0.15) is 0 Å². The molecule has 2 N–H and O–H groups in total. The number of carbonyl (C=O) groups is 1. The van der Waals surface area contributed by atoms with Crippen LogP contribution in [-0.2, 0) is 4.79 Å². The van der Waals surface area contributed by atoms with Gasteiger partial charge in [0.25, 0.3) is 0 Å². The number of halogens is 1. The number of rotatable bonds is 4. The standard InChI is InChI=1S/C16H16FNO2/c1-10-5-3-6-11(2)14(10)15(16(19)20)18-13-8-4-7-12(17)9-13/h3-9,15,18H,1-2H3,(H,19,20). The summed E-state index contributed by atoms with van der Waals surface area (Å²) in [7, 11) is 0. The van der Waals surface area contributed by atoms with Crippen LogP contribution in [0.5, 0.6) is 0 Å². The van der Waals surface area contributed by atoms with Gasteiger partial charge in [0.05, 0.1) is 0 Å². The summed E-state index contributed by atoms with van der Waals surface area (Å²) < 4.78 is 13.2. The molecule has 104 valence electrons. The topological polar surface area (TPSA) is 49.3 Å². The van der Waals surface area contributed by atoms with Crippen LogP contribution in [0.3, 0.4) is 0 Å². The van der Waals surface area contributed by atoms with Crippen LogP contribution in [0.4, 0.5) is 10.1 Å². The predicted molar refractivity (Wildman–Crippen MR) is 76.3 cm³/mol. The molecule has 0 heterocycles. The normalized spacial score (nSPS) is 11.9. The largest absolute Gasteiger partial charge is 0.479 e. The zero-order chi connectivity index (χ0) is 14.7. The molecule has 0 radical (unpaired) electrons. The molecule has 0 bridgehead atoms. The molecule has 20 heavy (non-hydrogen) atoms. The number of nitrogens with one attached hydrogen (secondary N) is 1. The molecule has 1 atom stereocenters. The van der Waals surface area contributed by atoms with E-state index in [-0.39, 0.29) is 0 Å². The second-order valence-corrected chi connectivity index (χ2v) is 4.73. The van der Waals surface area contributed by atoms with Crippen molar-refractivity contribution in [2.75, 3.05) is 5.32 Å². The third-order valence-corrected chi connectivity index (χ3v) is 3.21. The Balaban J connectivity index is 2.40. The summed E-state index contributed by atoms with van der Waals surface area (Å²) in [5.74, 6) is -1.40. The maximum atomic E-state index is 13.2.